The molecule has 0 unspecified atom stereocenters. The van der Waals surface area contributed by atoms with Crippen molar-refractivity contribution in [3.8, 4) is 11.1 Å². The molecule has 29 heavy (non-hydrogen) atoms. The van der Waals surface area contributed by atoms with Crippen molar-refractivity contribution in [3.05, 3.63) is 81.8 Å². The highest BCUT2D eigenvalue weighted by Crippen LogP contribution is 2.32. The first-order chi connectivity index (χ1) is 14.1. The van der Waals surface area contributed by atoms with Crippen LogP contribution in [0.3, 0.4) is 0 Å². The maximum Gasteiger partial charge on any atom is 0.256 e. The fourth-order valence-electron chi connectivity index (χ4n) is 3.83. The SMILES string of the molecule is CCn1c(=O)c(CCCn2ccnc2)c(-c2cccc(Cl)c2)c2ccc(C)nc21. The molecule has 0 aliphatic heterocycles. The van der Waals surface area contributed by atoms with E-state index in [4.69, 9.17) is 16.6 Å². The van der Waals surface area contributed by atoms with Gasteiger partial charge in [-0.1, -0.05) is 23.7 Å². The molecule has 3 heterocycles. The van der Waals surface area contributed by atoms with E-state index >= 15 is 0 Å². The normalized spacial score (nSPS) is 11.3. The van der Waals surface area contributed by atoms with Crippen LogP contribution in [0.2, 0.25) is 5.02 Å². The minimum absolute atomic E-state index is 0.0266. The van der Waals surface area contributed by atoms with E-state index in [1.54, 1.807) is 17.1 Å². The number of hydrogen-bond donors (Lipinski definition) is 0. The van der Waals surface area contributed by atoms with Gasteiger partial charge in [0, 0.05) is 52.7 Å². The Morgan fingerprint density at radius 1 is 1.17 bits per heavy atom. The van der Waals surface area contributed by atoms with E-state index in [9.17, 15) is 4.79 Å². The second-order valence-electron chi connectivity index (χ2n) is 7.14. The first kappa shape index (κ1) is 19.4. The zero-order valence-electron chi connectivity index (χ0n) is 16.6. The number of aryl methyl sites for hydroxylation is 3. The van der Waals surface area contributed by atoms with Gasteiger partial charge in [0.05, 0.1) is 6.33 Å². The van der Waals surface area contributed by atoms with Gasteiger partial charge in [-0.25, -0.2) is 9.97 Å². The van der Waals surface area contributed by atoms with Crippen LogP contribution < -0.4 is 5.56 Å². The van der Waals surface area contributed by atoms with E-state index in [2.05, 4.69) is 11.1 Å². The van der Waals surface area contributed by atoms with Crippen molar-refractivity contribution >= 4 is 22.6 Å². The number of fused-ring (bicyclic) bond motifs is 1. The molecular weight excluding hydrogens is 384 g/mol. The van der Waals surface area contributed by atoms with Crippen LogP contribution in [0.5, 0.6) is 0 Å². The van der Waals surface area contributed by atoms with Gasteiger partial charge < -0.3 is 4.57 Å². The van der Waals surface area contributed by atoms with Crippen LogP contribution in [0.4, 0.5) is 0 Å². The van der Waals surface area contributed by atoms with E-state index < -0.39 is 0 Å². The third kappa shape index (κ3) is 3.83. The third-order valence-electron chi connectivity index (χ3n) is 5.18. The van der Waals surface area contributed by atoms with Crippen LogP contribution >= 0.6 is 11.6 Å². The molecule has 4 rings (SSSR count). The summed E-state index contributed by atoms with van der Waals surface area (Å²) in [6, 6.07) is 11.8. The van der Waals surface area contributed by atoms with E-state index in [-0.39, 0.29) is 5.56 Å². The zero-order chi connectivity index (χ0) is 20.4. The molecule has 0 aliphatic rings. The average molecular weight is 407 g/mol. The summed E-state index contributed by atoms with van der Waals surface area (Å²) >= 11 is 6.28. The van der Waals surface area contributed by atoms with Gasteiger partial charge in [0.2, 0.25) is 0 Å². The number of pyridine rings is 2. The molecule has 0 radical (unpaired) electrons. The highest BCUT2D eigenvalue weighted by molar-refractivity contribution is 6.30. The minimum Gasteiger partial charge on any atom is -0.337 e. The van der Waals surface area contributed by atoms with Gasteiger partial charge in [-0.15, -0.1) is 0 Å². The van der Waals surface area contributed by atoms with E-state index in [0.29, 0.717) is 18.0 Å². The standard InChI is InChI=1S/C23H23ClN4O/c1-3-28-22-19(10-9-16(2)26-22)21(17-6-4-7-18(24)14-17)20(23(28)29)8-5-12-27-13-11-25-15-27/h4,6-7,9-11,13-15H,3,5,8,12H2,1-2H3. The van der Waals surface area contributed by atoms with E-state index in [1.165, 1.54) is 0 Å². The Bertz CT molecular complexity index is 1210. The number of nitrogens with zero attached hydrogens (tertiary/aromatic N) is 4. The smallest absolute Gasteiger partial charge is 0.256 e. The van der Waals surface area contributed by atoms with Gasteiger partial charge in [0.15, 0.2) is 0 Å². The van der Waals surface area contributed by atoms with Gasteiger partial charge in [0.1, 0.15) is 5.65 Å². The van der Waals surface area contributed by atoms with Crippen molar-refractivity contribution < 1.29 is 0 Å². The van der Waals surface area contributed by atoms with E-state index in [0.717, 1.165) is 46.4 Å². The average Bonchev–Trinajstić information content (AvgIpc) is 3.22. The Kier molecular flexibility index (Phi) is 5.49. The summed E-state index contributed by atoms with van der Waals surface area (Å²) < 4.78 is 3.81. The Morgan fingerprint density at radius 2 is 2.03 bits per heavy atom. The first-order valence-electron chi connectivity index (χ1n) is 9.83. The largest absolute Gasteiger partial charge is 0.337 e. The van der Waals surface area contributed by atoms with Crippen molar-refractivity contribution in [1.29, 1.82) is 0 Å². The lowest BCUT2D eigenvalue weighted by molar-refractivity contribution is 0.634. The number of hydrogen-bond acceptors (Lipinski definition) is 3. The van der Waals surface area contributed by atoms with Crippen LogP contribution in [-0.2, 0) is 19.5 Å². The van der Waals surface area contributed by atoms with Crippen LogP contribution in [0.1, 0.15) is 24.6 Å². The molecule has 6 heteroatoms. The van der Waals surface area contributed by atoms with Gasteiger partial charge in [-0.2, -0.15) is 0 Å². The molecule has 0 atom stereocenters. The Morgan fingerprint density at radius 3 is 2.76 bits per heavy atom. The molecule has 0 N–H and O–H groups in total. The van der Waals surface area contributed by atoms with Crippen molar-refractivity contribution in [2.45, 2.75) is 39.8 Å². The van der Waals surface area contributed by atoms with Crippen molar-refractivity contribution in [1.82, 2.24) is 19.1 Å². The lowest BCUT2D eigenvalue weighted by Crippen LogP contribution is -2.26. The second-order valence-corrected chi connectivity index (χ2v) is 7.58. The van der Waals surface area contributed by atoms with Crippen LogP contribution in [0.15, 0.2) is 59.9 Å². The number of imidazole rings is 1. The molecule has 0 amide bonds. The lowest BCUT2D eigenvalue weighted by Gasteiger charge is -2.17. The molecule has 5 nitrogen and oxygen atoms in total. The predicted octanol–water partition coefficient (Wildman–Crippen LogP) is 4.87. The Hall–Kier alpha value is -2.92. The highest BCUT2D eigenvalue weighted by Gasteiger charge is 2.18. The summed E-state index contributed by atoms with van der Waals surface area (Å²) in [7, 11) is 0. The third-order valence-corrected chi connectivity index (χ3v) is 5.41. The molecule has 0 bridgehead atoms. The molecular formula is C23H23ClN4O. The van der Waals surface area contributed by atoms with Gasteiger partial charge in [0.25, 0.3) is 5.56 Å². The topological polar surface area (TPSA) is 52.7 Å². The van der Waals surface area contributed by atoms with Gasteiger partial charge in [-0.3, -0.25) is 9.36 Å². The quantitative estimate of drug-likeness (QED) is 0.458. The summed E-state index contributed by atoms with van der Waals surface area (Å²) in [5, 5.41) is 1.64. The number of benzene rings is 1. The summed E-state index contributed by atoms with van der Waals surface area (Å²) in [5.41, 5.74) is 4.35. The van der Waals surface area contributed by atoms with Crippen molar-refractivity contribution in [3.63, 3.8) is 0 Å². The highest BCUT2D eigenvalue weighted by atomic mass is 35.5. The molecule has 0 saturated carbocycles. The molecule has 0 saturated heterocycles. The second kappa shape index (κ2) is 8.21. The van der Waals surface area contributed by atoms with Crippen LogP contribution in [0.25, 0.3) is 22.2 Å². The molecule has 3 aromatic heterocycles. The maximum absolute atomic E-state index is 13.5. The molecule has 0 aliphatic carbocycles. The summed E-state index contributed by atoms with van der Waals surface area (Å²) in [5.74, 6) is 0. The molecule has 4 aromatic rings. The molecule has 148 valence electrons. The van der Waals surface area contributed by atoms with Gasteiger partial charge >= 0.3 is 0 Å². The maximum atomic E-state index is 13.5. The fraction of sp³-hybridized carbons (Fsp3) is 0.261. The molecule has 0 fully saturated rings. The van der Waals surface area contributed by atoms with Gasteiger partial charge in [-0.05, 0) is 56.5 Å². The lowest BCUT2D eigenvalue weighted by atomic mass is 9.94. The first-order valence-corrected chi connectivity index (χ1v) is 10.2. The van der Waals surface area contributed by atoms with Crippen molar-refractivity contribution in [2.75, 3.05) is 0 Å². The van der Waals surface area contributed by atoms with E-state index in [1.807, 2.05) is 54.9 Å². The summed E-state index contributed by atoms with van der Waals surface area (Å²) in [6.07, 6.45) is 7.02. The Balaban J connectivity index is 1.91. The fourth-order valence-corrected chi connectivity index (χ4v) is 4.02. The Labute approximate surface area is 174 Å². The summed E-state index contributed by atoms with van der Waals surface area (Å²) in [4.78, 5) is 22.3. The van der Waals surface area contributed by atoms with Crippen LogP contribution in [0, 0.1) is 6.92 Å². The van der Waals surface area contributed by atoms with Crippen molar-refractivity contribution in [2.24, 2.45) is 0 Å². The number of halogens is 1. The minimum atomic E-state index is 0.0266. The summed E-state index contributed by atoms with van der Waals surface area (Å²) in [6.45, 7) is 5.32. The predicted molar refractivity (Wildman–Crippen MR) is 117 cm³/mol. The molecule has 0 spiro atoms. The van der Waals surface area contributed by atoms with Crippen LogP contribution in [-0.4, -0.2) is 19.1 Å². The molecule has 1 aromatic carbocycles. The zero-order valence-corrected chi connectivity index (χ0v) is 17.4. The number of aromatic nitrogens is 4. The number of rotatable bonds is 6. The monoisotopic (exact) mass is 406 g/mol.